The molecule has 5 nitrogen and oxygen atoms in total. The van der Waals surface area contributed by atoms with E-state index in [4.69, 9.17) is 23.2 Å². The minimum absolute atomic E-state index is 0.116. The monoisotopic (exact) mass is 492 g/mol. The Morgan fingerprint density at radius 1 is 1.00 bits per heavy atom. The second-order valence-electron chi connectivity index (χ2n) is 9.02. The molecule has 1 aliphatic rings. The van der Waals surface area contributed by atoms with Crippen LogP contribution < -0.4 is 9.80 Å². The summed E-state index contributed by atoms with van der Waals surface area (Å²) in [5.74, 6) is 0.616. The standard InChI is InChI=1S/C26H34Cl2N2O3/c1-6-7-21-22(31)16-18(2)25(33)24(21)26(3,4)17-23(32)29(5)19-8-10-20(11-9-19)30(14-12-27)15-13-28/h8-11,16H,6-7,12-15,17H2,1-5H3. The van der Waals surface area contributed by atoms with Gasteiger partial charge in [-0.3, -0.25) is 14.4 Å². The second-order valence-corrected chi connectivity index (χ2v) is 9.78. The molecule has 0 aromatic heterocycles. The van der Waals surface area contributed by atoms with Crippen LogP contribution in [0.15, 0.2) is 47.1 Å². The quantitative estimate of drug-likeness (QED) is 0.300. The van der Waals surface area contributed by atoms with Gasteiger partial charge in [0, 0.05) is 71.8 Å². The molecule has 1 aromatic carbocycles. The molecule has 0 N–H and O–H groups in total. The average molecular weight is 493 g/mol. The molecule has 0 aliphatic heterocycles. The summed E-state index contributed by atoms with van der Waals surface area (Å²) in [5, 5.41) is 0. The molecule has 0 bridgehead atoms. The van der Waals surface area contributed by atoms with Gasteiger partial charge in [-0.2, -0.15) is 0 Å². The Kier molecular flexibility index (Phi) is 9.74. The molecule has 7 heteroatoms. The Morgan fingerprint density at radius 2 is 1.55 bits per heavy atom. The van der Waals surface area contributed by atoms with Gasteiger partial charge in [0.2, 0.25) is 5.91 Å². The van der Waals surface area contributed by atoms with Crippen molar-refractivity contribution in [1.29, 1.82) is 0 Å². The van der Waals surface area contributed by atoms with Crippen molar-refractivity contribution >= 4 is 52.1 Å². The molecule has 0 saturated heterocycles. The summed E-state index contributed by atoms with van der Waals surface area (Å²) in [6.07, 6.45) is 2.82. The maximum atomic E-state index is 13.2. The SMILES string of the molecule is CCCC1=C(C(C)(C)CC(=O)N(C)c2ccc(N(CCCl)CCCl)cc2)C(=O)C(C)=CC1=O. The minimum atomic E-state index is -0.768. The number of hydrogen-bond acceptors (Lipinski definition) is 4. The van der Waals surface area contributed by atoms with Crippen molar-refractivity contribution in [3.05, 3.63) is 47.1 Å². The lowest BCUT2D eigenvalue weighted by atomic mass is 9.71. The summed E-state index contributed by atoms with van der Waals surface area (Å²) in [6, 6.07) is 7.67. The molecular formula is C26H34Cl2N2O3. The first-order chi connectivity index (χ1) is 15.6. The number of carbonyl (C=O) groups excluding carboxylic acids is 3. The minimum Gasteiger partial charge on any atom is -0.369 e. The number of Topliss-reactive ketones (excluding diaryl/α,β-unsaturated/α-hetero) is 1. The maximum Gasteiger partial charge on any atom is 0.227 e. The number of rotatable bonds is 11. The third kappa shape index (κ3) is 6.48. The van der Waals surface area contributed by atoms with Gasteiger partial charge in [0.1, 0.15) is 0 Å². The maximum absolute atomic E-state index is 13.2. The molecule has 1 aromatic rings. The first kappa shape index (κ1) is 27.1. The number of allylic oxidation sites excluding steroid dienone is 4. The molecule has 0 atom stereocenters. The highest BCUT2D eigenvalue weighted by atomic mass is 35.5. The zero-order valence-electron chi connectivity index (χ0n) is 20.2. The number of alkyl halides is 2. The van der Waals surface area contributed by atoms with Crippen molar-refractivity contribution in [2.75, 3.05) is 41.7 Å². The van der Waals surface area contributed by atoms with Gasteiger partial charge in [0.05, 0.1) is 0 Å². The number of nitrogens with zero attached hydrogens (tertiary/aromatic N) is 2. The number of anilines is 2. The normalized spacial score (nSPS) is 14.5. The second kappa shape index (κ2) is 11.8. The van der Waals surface area contributed by atoms with E-state index in [2.05, 4.69) is 4.90 Å². The molecule has 180 valence electrons. The summed E-state index contributed by atoms with van der Waals surface area (Å²) in [7, 11) is 1.73. The Morgan fingerprint density at radius 3 is 2.06 bits per heavy atom. The number of carbonyl (C=O) groups is 3. The third-order valence-corrected chi connectivity index (χ3v) is 6.33. The van der Waals surface area contributed by atoms with Gasteiger partial charge in [0.15, 0.2) is 11.6 Å². The van der Waals surface area contributed by atoms with Crippen molar-refractivity contribution in [2.24, 2.45) is 5.41 Å². The number of hydrogen-bond donors (Lipinski definition) is 0. The smallest absolute Gasteiger partial charge is 0.227 e. The zero-order valence-corrected chi connectivity index (χ0v) is 21.7. The van der Waals surface area contributed by atoms with E-state index in [1.165, 1.54) is 6.08 Å². The van der Waals surface area contributed by atoms with E-state index in [0.29, 0.717) is 48.0 Å². The summed E-state index contributed by atoms with van der Waals surface area (Å²) in [4.78, 5) is 42.5. The fourth-order valence-electron chi connectivity index (χ4n) is 4.21. The van der Waals surface area contributed by atoms with Crippen LogP contribution in [0.1, 0.15) is 47.0 Å². The van der Waals surface area contributed by atoms with Crippen molar-refractivity contribution in [3.8, 4) is 0 Å². The molecule has 33 heavy (non-hydrogen) atoms. The lowest BCUT2D eigenvalue weighted by molar-refractivity contribution is -0.120. The summed E-state index contributed by atoms with van der Waals surface area (Å²) in [6.45, 7) is 8.75. The average Bonchev–Trinajstić information content (AvgIpc) is 2.76. The number of halogens is 2. The van der Waals surface area contributed by atoms with Crippen molar-refractivity contribution in [3.63, 3.8) is 0 Å². The highest BCUT2D eigenvalue weighted by Gasteiger charge is 2.38. The first-order valence-electron chi connectivity index (χ1n) is 11.3. The van der Waals surface area contributed by atoms with Crippen LogP contribution in [0.2, 0.25) is 0 Å². The van der Waals surface area contributed by atoms with Crippen LogP contribution in [0, 0.1) is 5.41 Å². The zero-order chi connectivity index (χ0) is 24.8. The van der Waals surface area contributed by atoms with Crippen LogP contribution in [0.25, 0.3) is 0 Å². The van der Waals surface area contributed by atoms with Gasteiger partial charge < -0.3 is 9.80 Å². The van der Waals surface area contributed by atoms with Gasteiger partial charge in [-0.1, -0.05) is 27.2 Å². The predicted molar refractivity (Wildman–Crippen MR) is 138 cm³/mol. The molecule has 0 unspecified atom stereocenters. The lowest BCUT2D eigenvalue weighted by Crippen LogP contribution is -2.35. The van der Waals surface area contributed by atoms with Crippen molar-refractivity contribution < 1.29 is 14.4 Å². The topological polar surface area (TPSA) is 57.7 Å². The Balaban J connectivity index is 2.24. The Bertz CT molecular complexity index is 943. The van der Waals surface area contributed by atoms with E-state index >= 15 is 0 Å². The van der Waals surface area contributed by atoms with E-state index in [-0.39, 0.29) is 23.9 Å². The number of amides is 1. The number of benzene rings is 1. The van der Waals surface area contributed by atoms with Crippen LogP contribution in [0.3, 0.4) is 0 Å². The van der Waals surface area contributed by atoms with Crippen LogP contribution in [0.4, 0.5) is 11.4 Å². The summed E-state index contributed by atoms with van der Waals surface area (Å²) >= 11 is 11.8. The number of ketones is 2. The molecule has 1 amide bonds. The van der Waals surface area contributed by atoms with E-state index in [1.54, 1.807) is 18.9 Å². The Hall–Kier alpha value is -2.11. The van der Waals surface area contributed by atoms with Gasteiger partial charge in [-0.15, -0.1) is 23.2 Å². The predicted octanol–water partition coefficient (Wildman–Crippen LogP) is 5.54. The molecule has 0 fully saturated rings. The first-order valence-corrected chi connectivity index (χ1v) is 12.4. The van der Waals surface area contributed by atoms with E-state index < -0.39 is 5.41 Å². The third-order valence-electron chi connectivity index (χ3n) is 5.99. The molecule has 0 saturated carbocycles. The molecule has 0 spiro atoms. The fourth-order valence-corrected chi connectivity index (χ4v) is 4.62. The van der Waals surface area contributed by atoms with E-state index in [9.17, 15) is 14.4 Å². The molecule has 0 heterocycles. The summed E-state index contributed by atoms with van der Waals surface area (Å²) < 4.78 is 0. The van der Waals surface area contributed by atoms with Crippen LogP contribution in [0.5, 0.6) is 0 Å². The lowest BCUT2D eigenvalue weighted by Gasteiger charge is -2.32. The molecule has 2 rings (SSSR count). The van der Waals surface area contributed by atoms with E-state index in [0.717, 1.165) is 17.8 Å². The fraction of sp³-hybridized carbons (Fsp3) is 0.500. The van der Waals surface area contributed by atoms with Crippen LogP contribution >= 0.6 is 23.2 Å². The van der Waals surface area contributed by atoms with Gasteiger partial charge >= 0.3 is 0 Å². The van der Waals surface area contributed by atoms with Crippen LogP contribution in [-0.2, 0) is 14.4 Å². The summed E-state index contributed by atoms with van der Waals surface area (Å²) in [5.41, 5.74) is 2.42. The highest BCUT2D eigenvalue weighted by Crippen LogP contribution is 2.39. The molecule has 0 radical (unpaired) electrons. The molecular weight excluding hydrogens is 459 g/mol. The largest absolute Gasteiger partial charge is 0.369 e. The van der Waals surface area contributed by atoms with Gasteiger partial charge in [-0.25, -0.2) is 0 Å². The van der Waals surface area contributed by atoms with Gasteiger partial charge in [0.25, 0.3) is 0 Å². The molecule has 1 aliphatic carbocycles. The van der Waals surface area contributed by atoms with Crippen LogP contribution in [-0.4, -0.2) is 49.4 Å². The van der Waals surface area contributed by atoms with E-state index in [1.807, 2.05) is 45.0 Å². The van der Waals surface area contributed by atoms with Crippen molar-refractivity contribution in [1.82, 2.24) is 0 Å². The highest BCUT2D eigenvalue weighted by molar-refractivity contribution is 6.23. The van der Waals surface area contributed by atoms with Gasteiger partial charge in [-0.05, 0) is 43.7 Å². The Labute approximate surface area is 207 Å². The van der Waals surface area contributed by atoms with Crippen molar-refractivity contribution in [2.45, 2.75) is 47.0 Å².